The molecule has 2 heterocycles. The highest BCUT2D eigenvalue weighted by Crippen LogP contribution is 2.67. The molecule has 2 aliphatic heterocycles. The molecule has 0 aromatic rings. The van der Waals surface area contributed by atoms with Crippen molar-refractivity contribution >= 4 is 49.5 Å². The Balaban J connectivity index is 1.27. The number of fused-ring (bicyclic) bond motifs is 6. The maximum absolute atomic E-state index is 7.45. The van der Waals surface area contributed by atoms with E-state index in [1.165, 1.54) is 25.7 Å². The molecule has 22 atom stereocenters. The molecule has 16 unspecified atom stereocenters. The van der Waals surface area contributed by atoms with Crippen LogP contribution in [-0.2, 0) is 27.1 Å². The van der Waals surface area contributed by atoms with Gasteiger partial charge >= 0.3 is 17.2 Å². The number of hydrogen-bond donors (Lipinski definition) is 0. The van der Waals surface area contributed by atoms with E-state index < -0.39 is 49.5 Å². The standard InChI is InChI=1S/C49H98O6P2Si4/c1-29-23-37(58(11,12)13)45-41(33(29)5)42-34(6)30(2)24-38(59(14,15)16)46(42)53-56(52-45)50-27-49(9,10)28-51-57-54-47-39(60(17,18)19)25-31(3)35(7)43(47)44-36(8)32(4)26-40(48(44)55-57)61(20,21)22/h29-48H,23-28H2,1-22H3/t29-,30?,31-,32?,33-,34?,35-,36?,37?,38-,39?,40-,41?,42?,43?,44?,45?,46?,47?,48?,56?,57?/m1/s1. The first-order valence-electron chi connectivity index (χ1n) is 25.4. The van der Waals surface area contributed by atoms with Gasteiger partial charge in [-0.1, -0.05) is 148 Å². The van der Waals surface area contributed by atoms with E-state index in [0.717, 1.165) is 0 Å². The molecule has 0 radical (unpaired) electrons. The molecule has 2 saturated heterocycles. The van der Waals surface area contributed by atoms with Crippen molar-refractivity contribution in [3.8, 4) is 0 Å². The summed E-state index contributed by atoms with van der Waals surface area (Å²) in [7, 11) is -9.33. The van der Waals surface area contributed by atoms with Gasteiger partial charge in [-0.05, 0) is 119 Å². The quantitative estimate of drug-likeness (QED) is 0.161. The number of rotatable bonds is 10. The summed E-state index contributed by atoms with van der Waals surface area (Å²) < 4.78 is 44.0. The average Bonchev–Trinajstić information content (AvgIpc) is 3.40. The smallest absolute Gasteiger partial charge is 0.312 e. The minimum absolute atomic E-state index is 0.199. The lowest BCUT2D eigenvalue weighted by Crippen LogP contribution is -2.56. The predicted octanol–water partition coefficient (Wildman–Crippen LogP) is 16.1. The lowest BCUT2D eigenvalue weighted by molar-refractivity contribution is -0.0544. The summed E-state index contributed by atoms with van der Waals surface area (Å²) in [5.74, 6) is 7.24. The molecule has 6 aliphatic rings. The van der Waals surface area contributed by atoms with Crippen LogP contribution in [0.1, 0.15) is 94.9 Å². The molecule has 61 heavy (non-hydrogen) atoms. The Hall–Kier alpha value is 1.49. The second-order valence-corrected chi connectivity index (χ2v) is 52.1. The lowest BCUT2D eigenvalue weighted by atomic mass is 9.58. The fraction of sp³-hybridized carbons (Fsp3) is 1.00. The van der Waals surface area contributed by atoms with E-state index in [9.17, 15) is 0 Å². The predicted molar refractivity (Wildman–Crippen MR) is 273 cm³/mol. The normalized spacial score (nSPS) is 47.9. The van der Waals surface area contributed by atoms with E-state index in [1.807, 2.05) is 0 Å². The van der Waals surface area contributed by atoms with Crippen LogP contribution in [0.3, 0.4) is 0 Å². The van der Waals surface area contributed by atoms with Gasteiger partial charge in [0.05, 0.1) is 69.9 Å². The molecule has 0 N–H and O–H groups in total. The fourth-order valence-corrected chi connectivity index (χ4v) is 27.2. The molecule has 6 fully saturated rings. The summed E-state index contributed by atoms with van der Waals surface area (Å²) in [6, 6.07) is 0. The molecule has 4 aliphatic carbocycles. The second-order valence-electron chi connectivity index (χ2n) is 27.9. The molecule has 12 heteroatoms. The highest BCUT2D eigenvalue weighted by Gasteiger charge is 2.62. The molecule has 0 spiro atoms. The van der Waals surface area contributed by atoms with Crippen LogP contribution < -0.4 is 0 Å². The highest BCUT2D eigenvalue weighted by atomic mass is 31.2. The van der Waals surface area contributed by atoms with Crippen LogP contribution in [0.25, 0.3) is 0 Å². The third kappa shape index (κ3) is 10.9. The Kier molecular flexibility index (Phi) is 16.0. The zero-order chi connectivity index (χ0) is 45.7. The van der Waals surface area contributed by atoms with Gasteiger partial charge in [0, 0.05) is 5.41 Å². The summed E-state index contributed by atoms with van der Waals surface area (Å²) in [6.45, 7) is 57.0. The Bertz CT molecular complexity index is 1280. The zero-order valence-corrected chi connectivity index (χ0v) is 49.4. The van der Waals surface area contributed by atoms with Gasteiger partial charge in [0.15, 0.2) is 0 Å². The van der Waals surface area contributed by atoms with Crippen LogP contribution in [0.15, 0.2) is 0 Å². The Morgan fingerprint density at radius 2 is 0.590 bits per heavy atom. The fourth-order valence-electron chi connectivity index (χ4n) is 14.1. The monoisotopic (exact) mass is 957 g/mol. The van der Waals surface area contributed by atoms with E-state index in [-0.39, 0.29) is 29.8 Å². The van der Waals surface area contributed by atoms with Crippen LogP contribution in [0.2, 0.25) is 101 Å². The third-order valence-corrected chi connectivity index (χ3v) is 32.4. The van der Waals surface area contributed by atoms with Gasteiger partial charge in [-0.2, -0.15) is 0 Å². The zero-order valence-electron chi connectivity index (χ0n) is 43.6. The van der Waals surface area contributed by atoms with Crippen molar-refractivity contribution in [3.05, 3.63) is 0 Å². The van der Waals surface area contributed by atoms with E-state index >= 15 is 0 Å². The van der Waals surface area contributed by atoms with Gasteiger partial charge in [-0.3, -0.25) is 0 Å². The van der Waals surface area contributed by atoms with Gasteiger partial charge in [-0.15, -0.1) is 0 Å². The second kappa shape index (κ2) is 18.8. The largest absolute Gasteiger partial charge is 0.333 e. The molecule has 0 bridgehead atoms. The minimum atomic E-state index is -1.57. The summed E-state index contributed by atoms with van der Waals surface area (Å²) in [4.78, 5) is 0. The van der Waals surface area contributed by atoms with Gasteiger partial charge in [0.25, 0.3) is 0 Å². The summed E-state index contributed by atoms with van der Waals surface area (Å²) in [5, 5.41) is 0. The van der Waals surface area contributed by atoms with Gasteiger partial charge < -0.3 is 27.1 Å². The first kappa shape index (κ1) is 51.9. The van der Waals surface area contributed by atoms with E-state index in [0.29, 0.717) is 106 Å². The highest BCUT2D eigenvalue weighted by molar-refractivity contribution is 7.42. The van der Waals surface area contributed by atoms with Crippen molar-refractivity contribution in [2.75, 3.05) is 13.2 Å². The van der Waals surface area contributed by atoms with Crippen molar-refractivity contribution < 1.29 is 27.1 Å². The Morgan fingerprint density at radius 3 is 0.770 bits per heavy atom. The van der Waals surface area contributed by atoms with Crippen molar-refractivity contribution in [2.24, 2.45) is 76.4 Å². The van der Waals surface area contributed by atoms with Crippen molar-refractivity contribution in [3.63, 3.8) is 0 Å². The molecule has 0 aromatic heterocycles. The van der Waals surface area contributed by atoms with E-state index in [4.69, 9.17) is 27.1 Å². The lowest BCUT2D eigenvalue weighted by Gasteiger charge is -2.56. The molecular weight excluding hydrogens is 859 g/mol. The Labute approximate surface area is 384 Å². The van der Waals surface area contributed by atoms with Crippen molar-refractivity contribution in [1.82, 2.24) is 0 Å². The Morgan fingerprint density at radius 1 is 0.393 bits per heavy atom. The molecule has 6 rings (SSSR count). The minimum Gasteiger partial charge on any atom is -0.312 e. The molecule has 0 aromatic carbocycles. The first-order chi connectivity index (χ1) is 27.8. The van der Waals surface area contributed by atoms with Crippen LogP contribution >= 0.6 is 17.2 Å². The summed E-state index contributed by atoms with van der Waals surface area (Å²) >= 11 is 0. The van der Waals surface area contributed by atoms with Crippen LogP contribution in [0, 0.1) is 76.4 Å². The van der Waals surface area contributed by atoms with E-state index in [2.05, 4.69) is 148 Å². The molecular formula is C49H98O6P2Si4. The first-order valence-corrected chi connectivity index (χ1v) is 41.9. The van der Waals surface area contributed by atoms with Gasteiger partial charge in [0.2, 0.25) is 0 Å². The van der Waals surface area contributed by atoms with Crippen molar-refractivity contribution in [2.45, 2.75) is 220 Å². The summed E-state index contributed by atoms with van der Waals surface area (Å²) in [5.41, 5.74) is 2.12. The SMILES string of the molecule is CC1C[C@@H]([Si](C)(C)C)C2OP(OCC(C)(C)COP3OC4C(C5C(C)C(C)C[C@@H]([Si](C)(C)C)C5O3)[C@H](C)[C@H](C)CC4[Si](C)(C)C)OC3C(C2C1C)[C@H](C)[C@H](C)CC3[Si](C)(C)C. The third-order valence-electron chi connectivity index (χ3n) is 18.9. The van der Waals surface area contributed by atoms with Crippen LogP contribution in [0.4, 0.5) is 0 Å². The van der Waals surface area contributed by atoms with Gasteiger partial charge in [-0.25, -0.2) is 0 Å². The van der Waals surface area contributed by atoms with E-state index in [1.54, 1.807) is 0 Å². The van der Waals surface area contributed by atoms with Crippen LogP contribution in [-0.4, -0.2) is 69.9 Å². The molecule has 6 nitrogen and oxygen atoms in total. The molecule has 0 amide bonds. The van der Waals surface area contributed by atoms with Crippen molar-refractivity contribution in [1.29, 1.82) is 0 Å². The molecule has 356 valence electrons. The topological polar surface area (TPSA) is 55.4 Å². The molecule has 4 saturated carbocycles. The van der Waals surface area contributed by atoms with Crippen LogP contribution in [0.5, 0.6) is 0 Å². The summed E-state index contributed by atoms with van der Waals surface area (Å²) in [6.07, 6.45) is 5.85. The number of hydrogen-bond acceptors (Lipinski definition) is 6. The van der Waals surface area contributed by atoms with Gasteiger partial charge in [0.1, 0.15) is 0 Å². The maximum Gasteiger partial charge on any atom is 0.333 e. The average molecular weight is 958 g/mol. The maximum atomic E-state index is 7.45.